The number of halogens is 2. The lowest BCUT2D eigenvalue weighted by Gasteiger charge is -2.23. The Bertz CT molecular complexity index is 735. The van der Waals surface area contributed by atoms with Crippen LogP contribution in [0.15, 0.2) is 18.2 Å². The SMILES string of the molecule is Cl.NC1(C(=O)Nc2ccc(F)c(N3CCCS3(=O)=O)c2)CCCC1. The van der Waals surface area contributed by atoms with E-state index in [2.05, 4.69) is 5.32 Å². The number of nitrogens with two attached hydrogens (primary N) is 1. The third-order valence-corrected chi connectivity index (χ3v) is 6.38. The van der Waals surface area contributed by atoms with Crippen LogP contribution in [0.1, 0.15) is 32.1 Å². The summed E-state index contributed by atoms with van der Waals surface area (Å²) in [6.45, 7) is 0.247. The number of hydrogen-bond donors (Lipinski definition) is 2. The average Bonchev–Trinajstić information content (AvgIpc) is 3.07. The number of nitrogens with zero attached hydrogens (tertiary/aromatic N) is 1. The summed E-state index contributed by atoms with van der Waals surface area (Å²) in [6.07, 6.45) is 3.51. The average molecular weight is 378 g/mol. The number of anilines is 2. The second kappa shape index (κ2) is 6.85. The maximum atomic E-state index is 14.0. The van der Waals surface area contributed by atoms with E-state index in [1.54, 1.807) is 0 Å². The van der Waals surface area contributed by atoms with E-state index in [1.807, 2.05) is 0 Å². The zero-order chi connectivity index (χ0) is 16.7. The lowest BCUT2D eigenvalue weighted by atomic mass is 9.98. The largest absolute Gasteiger partial charge is 0.324 e. The van der Waals surface area contributed by atoms with Crippen molar-refractivity contribution in [1.82, 2.24) is 0 Å². The molecule has 1 aromatic carbocycles. The van der Waals surface area contributed by atoms with Gasteiger partial charge in [0.2, 0.25) is 15.9 Å². The molecule has 134 valence electrons. The molecule has 3 N–H and O–H groups in total. The fourth-order valence-corrected chi connectivity index (χ4v) is 4.74. The van der Waals surface area contributed by atoms with Gasteiger partial charge in [-0.1, -0.05) is 12.8 Å². The quantitative estimate of drug-likeness (QED) is 0.842. The number of benzene rings is 1. The minimum atomic E-state index is -3.48. The first-order chi connectivity index (χ1) is 10.8. The van der Waals surface area contributed by atoms with E-state index in [-0.39, 0.29) is 36.3 Å². The van der Waals surface area contributed by atoms with Crippen LogP contribution >= 0.6 is 12.4 Å². The van der Waals surface area contributed by atoms with Gasteiger partial charge in [0.1, 0.15) is 5.82 Å². The van der Waals surface area contributed by atoms with Crippen molar-refractivity contribution in [2.45, 2.75) is 37.6 Å². The van der Waals surface area contributed by atoms with Crippen LogP contribution in [0.5, 0.6) is 0 Å². The molecule has 0 atom stereocenters. The Kier molecular flexibility index (Phi) is 5.41. The van der Waals surface area contributed by atoms with Crippen molar-refractivity contribution in [3.05, 3.63) is 24.0 Å². The van der Waals surface area contributed by atoms with Gasteiger partial charge in [0.15, 0.2) is 0 Å². The third kappa shape index (κ3) is 3.50. The van der Waals surface area contributed by atoms with Crippen LogP contribution < -0.4 is 15.4 Å². The van der Waals surface area contributed by atoms with E-state index in [0.717, 1.165) is 23.2 Å². The lowest BCUT2D eigenvalue weighted by Crippen LogP contribution is -2.48. The molecule has 0 spiro atoms. The van der Waals surface area contributed by atoms with Gasteiger partial charge in [0.05, 0.1) is 17.0 Å². The molecule has 1 saturated heterocycles. The molecule has 0 aromatic heterocycles. The van der Waals surface area contributed by atoms with Crippen LogP contribution in [-0.2, 0) is 14.8 Å². The molecular formula is C15H21ClFN3O3S. The summed E-state index contributed by atoms with van der Waals surface area (Å²) in [5.41, 5.74) is 5.52. The highest BCUT2D eigenvalue weighted by molar-refractivity contribution is 7.93. The minimum Gasteiger partial charge on any atom is -0.324 e. The zero-order valence-corrected chi connectivity index (χ0v) is 14.8. The number of carbonyl (C=O) groups is 1. The van der Waals surface area contributed by atoms with E-state index < -0.39 is 21.4 Å². The number of carbonyl (C=O) groups excluding carboxylic acids is 1. The van der Waals surface area contributed by atoms with E-state index in [0.29, 0.717) is 24.9 Å². The molecule has 3 rings (SSSR count). The lowest BCUT2D eigenvalue weighted by molar-refractivity contribution is -0.121. The van der Waals surface area contributed by atoms with E-state index in [4.69, 9.17) is 5.73 Å². The summed E-state index contributed by atoms with van der Waals surface area (Å²) in [5, 5.41) is 2.69. The van der Waals surface area contributed by atoms with Crippen molar-refractivity contribution in [2.75, 3.05) is 21.9 Å². The maximum absolute atomic E-state index is 14.0. The molecule has 1 aliphatic carbocycles. The standard InChI is InChI=1S/C15H20FN3O3S.ClH/c16-12-5-4-11(18-14(20)15(17)6-1-2-7-15)10-13(12)19-8-3-9-23(19,21)22;/h4-5,10H,1-3,6-9,17H2,(H,18,20);1H. The first-order valence-electron chi connectivity index (χ1n) is 7.72. The summed E-state index contributed by atoms with van der Waals surface area (Å²) in [7, 11) is -3.48. The van der Waals surface area contributed by atoms with Crippen LogP contribution in [0.2, 0.25) is 0 Å². The molecule has 6 nitrogen and oxygen atoms in total. The van der Waals surface area contributed by atoms with Gasteiger partial charge in [-0.3, -0.25) is 9.10 Å². The van der Waals surface area contributed by atoms with E-state index in [9.17, 15) is 17.6 Å². The second-order valence-electron chi connectivity index (χ2n) is 6.23. The molecule has 2 fully saturated rings. The Balaban J connectivity index is 0.00000208. The highest BCUT2D eigenvalue weighted by Crippen LogP contribution is 2.31. The predicted molar refractivity (Wildman–Crippen MR) is 93.4 cm³/mol. The summed E-state index contributed by atoms with van der Waals surface area (Å²) >= 11 is 0. The van der Waals surface area contributed by atoms with E-state index in [1.165, 1.54) is 12.1 Å². The van der Waals surface area contributed by atoms with Gasteiger partial charge < -0.3 is 11.1 Å². The van der Waals surface area contributed by atoms with Gasteiger partial charge in [-0.25, -0.2) is 12.8 Å². The molecule has 1 aromatic rings. The van der Waals surface area contributed by atoms with Gasteiger partial charge in [-0.2, -0.15) is 0 Å². The van der Waals surface area contributed by atoms with Crippen LogP contribution in [0, 0.1) is 5.82 Å². The molecule has 0 bridgehead atoms. The fourth-order valence-electron chi connectivity index (χ4n) is 3.18. The third-order valence-electron chi connectivity index (χ3n) is 4.52. The molecule has 1 aliphatic heterocycles. The fraction of sp³-hybridized carbons (Fsp3) is 0.533. The molecule has 9 heteroatoms. The monoisotopic (exact) mass is 377 g/mol. The zero-order valence-electron chi connectivity index (χ0n) is 13.1. The van der Waals surface area contributed by atoms with Crippen LogP contribution in [0.4, 0.5) is 15.8 Å². The topological polar surface area (TPSA) is 92.5 Å². The Morgan fingerprint density at radius 1 is 1.25 bits per heavy atom. The number of amides is 1. The van der Waals surface area contributed by atoms with Crippen molar-refractivity contribution in [1.29, 1.82) is 0 Å². The predicted octanol–water partition coefficient (Wildman–Crippen LogP) is 2.00. The van der Waals surface area contributed by atoms with Crippen molar-refractivity contribution in [3.8, 4) is 0 Å². The molecular weight excluding hydrogens is 357 g/mol. The molecule has 24 heavy (non-hydrogen) atoms. The summed E-state index contributed by atoms with van der Waals surface area (Å²) in [6, 6.07) is 3.93. The summed E-state index contributed by atoms with van der Waals surface area (Å²) in [5.74, 6) is -0.928. The Morgan fingerprint density at radius 2 is 1.92 bits per heavy atom. The molecule has 2 aliphatic rings. The second-order valence-corrected chi connectivity index (χ2v) is 8.24. The maximum Gasteiger partial charge on any atom is 0.244 e. The molecule has 1 heterocycles. The van der Waals surface area contributed by atoms with Crippen molar-refractivity contribution < 1.29 is 17.6 Å². The normalized spacial score (nSPS) is 21.3. The first kappa shape index (κ1) is 19.0. The smallest absolute Gasteiger partial charge is 0.244 e. The Morgan fingerprint density at radius 3 is 2.50 bits per heavy atom. The number of nitrogens with one attached hydrogen (secondary N) is 1. The molecule has 0 radical (unpaired) electrons. The van der Waals surface area contributed by atoms with Crippen LogP contribution in [0.3, 0.4) is 0 Å². The summed E-state index contributed by atoms with van der Waals surface area (Å²) < 4.78 is 39.0. The van der Waals surface area contributed by atoms with Crippen LogP contribution in [0.25, 0.3) is 0 Å². The van der Waals surface area contributed by atoms with Gasteiger partial charge in [-0.05, 0) is 37.5 Å². The van der Waals surface area contributed by atoms with Gasteiger partial charge in [0, 0.05) is 12.2 Å². The number of rotatable bonds is 3. The van der Waals surface area contributed by atoms with Crippen LogP contribution in [-0.4, -0.2) is 32.2 Å². The Hall–Kier alpha value is -1.38. The molecule has 0 unspecified atom stereocenters. The van der Waals surface area contributed by atoms with Crippen molar-refractivity contribution in [3.63, 3.8) is 0 Å². The first-order valence-corrected chi connectivity index (χ1v) is 9.33. The molecule has 1 amide bonds. The highest BCUT2D eigenvalue weighted by atomic mass is 35.5. The van der Waals surface area contributed by atoms with Crippen molar-refractivity contribution >= 4 is 39.7 Å². The van der Waals surface area contributed by atoms with Gasteiger partial charge in [0.25, 0.3) is 0 Å². The molecule has 1 saturated carbocycles. The Labute approximate surface area is 147 Å². The van der Waals surface area contributed by atoms with Gasteiger partial charge in [-0.15, -0.1) is 12.4 Å². The number of sulfonamides is 1. The van der Waals surface area contributed by atoms with Crippen molar-refractivity contribution in [2.24, 2.45) is 5.73 Å². The van der Waals surface area contributed by atoms with E-state index >= 15 is 0 Å². The minimum absolute atomic E-state index is 0. The summed E-state index contributed by atoms with van der Waals surface area (Å²) in [4.78, 5) is 12.3. The number of hydrogen-bond acceptors (Lipinski definition) is 4. The van der Waals surface area contributed by atoms with Gasteiger partial charge >= 0.3 is 0 Å². The highest BCUT2D eigenvalue weighted by Gasteiger charge is 2.37.